The molecule has 10 atom stereocenters. The number of rotatable bonds is 2. The van der Waals surface area contributed by atoms with E-state index in [2.05, 4.69) is 48.5 Å². The molecule has 0 radical (unpaired) electrons. The first-order chi connectivity index (χ1) is 16.6. The number of fused-ring (bicyclic) bond motifs is 7. The average Bonchev–Trinajstić information content (AvgIpc) is 2.79. The standard InChI is InChI=1S/C31H48O5/c1-18-8-13-31(17-36-26(34)35)15-14-29(6)20(24(31)19(18)2)16-21(32)25-28(5)11-10-23(33)27(3,4)22(28)9-12-30(25,29)7/h16,18-19,22-25,33H,8-15,17H2,1-7H3,(H,34,35)/t18-,19+,22?,23+,24+,25-,28+,29-,30-,31-/m1/s1. The molecule has 1 unspecified atom stereocenters. The molecule has 5 aliphatic carbocycles. The molecule has 0 bridgehead atoms. The number of ketones is 1. The number of carbonyl (C=O) groups excluding carboxylic acids is 1. The topological polar surface area (TPSA) is 83.8 Å². The van der Waals surface area contributed by atoms with Gasteiger partial charge in [0, 0.05) is 11.3 Å². The predicted molar refractivity (Wildman–Crippen MR) is 139 cm³/mol. The number of ether oxygens (including phenoxy) is 1. The number of carboxylic acid groups (broad SMARTS) is 1. The van der Waals surface area contributed by atoms with Gasteiger partial charge in [-0.2, -0.15) is 0 Å². The van der Waals surface area contributed by atoms with Crippen molar-refractivity contribution in [2.24, 2.45) is 56.7 Å². The van der Waals surface area contributed by atoms with E-state index >= 15 is 0 Å². The summed E-state index contributed by atoms with van der Waals surface area (Å²) in [5.41, 5.74) is 0.535. The predicted octanol–water partition coefficient (Wildman–Crippen LogP) is 6.88. The van der Waals surface area contributed by atoms with E-state index in [0.717, 1.165) is 51.4 Å². The van der Waals surface area contributed by atoms with Gasteiger partial charge in [-0.1, -0.05) is 54.0 Å². The molecule has 202 valence electrons. The zero-order valence-electron chi connectivity index (χ0n) is 23.5. The molecule has 0 aliphatic heterocycles. The van der Waals surface area contributed by atoms with Crippen molar-refractivity contribution in [3.05, 3.63) is 11.6 Å². The van der Waals surface area contributed by atoms with Crippen molar-refractivity contribution in [3.63, 3.8) is 0 Å². The number of carbonyl (C=O) groups is 2. The minimum Gasteiger partial charge on any atom is -0.450 e. The van der Waals surface area contributed by atoms with Crippen LogP contribution < -0.4 is 0 Å². The van der Waals surface area contributed by atoms with E-state index in [-0.39, 0.29) is 57.4 Å². The van der Waals surface area contributed by atoms with Crippen LogP contribution in [0.3, 0.4) is 0 Å². The van der Waals surface area contributed by atoms with Crippen molar-refractivity contribution in [2.75, 3.05) is 6.61 Å². The summed E-state index contributed by atoms with van der Waals surface area (Å²) in [4.78, 5) is 25.8. The Hall–Kier alpha value is -1.36. The van der Waals surface area contributed by atoms with Crippen LogP contribution in [0.25, 0.3) is 0 Å². The molecule has 0 spiro atoms. The van der Waals surface area contributed by atoms with E-state index in [1.54, 1.807) is 0 Å². The van der Waals surface area contributed by atoms with Crippen LogP contribution >= 0.6 is 0 Å². The van der Waals surface area contributed by atoms with Gasteiger partial charge in [0.1, 0.15) is 6.61 Å². The maximum Gasteiger partial charge on any atom is 0.505 e. The molecule has 0 amide bonds. The molecule has 0 aromatic rings. The van der Waals surface area contributed by atoms with Gasteiger partial charge in [-0.25, -0.2) is 4.79 Å². The minimum absolute atomic E-state index is 0.0386. The Morgan fingerprint density at radius 3 is 2.36 bits per heavy atom. The number of allylic oxidation sites excluding steroid dienone is 2. The first-order valence-corrected chi connectivity index (χ1v) is 14.4. The second-order valence-corrected chi connectivity index (χ2v) is 14.9. The Bertz CT molecular complexity index is 983. The first-order valence-electron chi connectivity index (χ1n) is 14.4. The Balaban J connectivity index is 1.62. The van der Waals surface area contributed by atoms with Crippen molar-refractivity contribution < 1.29 is 24.5 Å². The summed E-state index contributed by atoms with van der Waals surface area (Å²) in [6.07, 6.45) is 8.23. The lowest BCUT2D eigenvalue weighted by Crippen LogP contribution is -2.67. The van der Waals surface area contributed by atoms with E-state index in [9.17, 15) is 19.8 Å². The van der Waals surface area contributed by atoms with Gasteiger partial charge in [0.05, 0.1) is 6.10 Å². The normalized spacial score (nSPS) is 51.7. The third-order valence-corrected chi connectivity index (χ3v) is 13.4. The maximum atomic E-state index is 14.4. The van der Waals surface area contributed by atoms with Gasteiger partial charge < -0.3 is 14.9 Å². The fourth-order valence-electron chi connectivity index (χ4n) is 10.9. The van der Waals surface area contributed by atoms with Crippen molar-refractivity contribution in [2.45, 2.75) is 106 Å². The van der Waals surface area contributed by atoms with E-state index in [0.29, 0.717) is 17.8 Å². The summed E-state index contributed by atoms with van der Waals surface area (Å²) in [7, 11) is 0. The molecule has 5 rings (SSSR count). The lowest BCUT2D eigenvalue weighted by Gasteiger charge is -2.70. The van der Waals surface area contributed by atoms with Crippen molar-refractivity contribution in [3.8, 4) is 0 Å². The van der Waals surface area contributed by atoms with Gasteiger partial charge in [0.15, 0.2) is 5.78 Å². The fourth-order valence-corrected chi connectivity index (χ4v) is 10.9. The van der Waals surface area contributed by atoms with Crippen LogP contribution in [0.5, 0.6) is 0 Å². The Morgan fingerprint density at radius 2 is 1.69 bits per heavy atom. The molecule has 5 heteroatoms. The zero-order chi connectivity index (χ0) is 26.5. The van der Waals surface area contributed by atoms with Crippen molar-refractivity contribution in [1.29, 1.82) is 0 Å². The summed E-state index contributed by atoms with van der Waals surface area (Å²) in [5.74, 6) is 1.66. The molecule has 36 heavy (non-hydrogen) atoms. The number of aliphatic hydroxyl groups excluding tert-OH is 1. The van der Waals surface area contributed by atoms with Crippen molar-refractivity contribution >= 4 is 11.9 Å². The largest absolute Gasteiger partial charge is 0.505 e. The van der Waals surface area contributed by atoms with Gasteiger partial charge in [0.25, 0.3) is 0 Å². The summed E-state index contributed by atoms with van der Waals surface area (Å²) in [5, 5.41) is 20.3. The Morgan fingerprint density at radius 1 is 1.00 bits per heavy atom. The molecule has 5 aliphatic rings. The Labute approximate surface area is 217 Å². The van der Waals surface area contributed by atoms with E-state index in [4.69, 9.17) is 4.74 Å². The van der Waals surface area contributed by atoms with E-state index < -0.39 is 6.16 Å². The molecule has 0 saturated heterocycles. The second-order valence-electron chi connectivity index (χ2n) is 14.9. The highest BCUT2D eigenvalue weighted by Crippen LogP contribution is 2.75. The van der Waals surface area contributed by atoms with Gasteiger partial charge in [-0.15, -0.1) is 0 Å². The molecule has 0 heterocycles. The van der Waals surface area contributed by atoms with Crippen LogP contribution in [0.2, 0.25) is 0 Å². The summed E-state index contributed by atoms with van der Waals surface area (Å²) in [6, 6.07) is 0. The highest BCUT2D eigenvalue weighted by molar-refractivity contribution is 5.95. The minimum atomic E-state index is -1.20. The smallest absolute Gasteiger partial charge is 0.450 e. The van der Waals surface area contributed by atoms with Gasteiger partial charge in [-0.05, 0) is 103 Å². The fraction of sp³-hybridized carbons (Fsp3) is 0.871. The van der Waals surface area contributed by atoms with Gasteiger partial charge in [-0.3, -0.25) is 4.79 Å². The third-order valence-electron chi connectivity index (χ3n) is 13.4. The first kappa shape index (κ1) is 26.3. The summed E-state index contributed by atoms with van der Waals surface area (Å²) in [6.45, 7) is 16.5. The number of aliphatic hydroxyl groups is 1. The highest BCUT2D eigenvalue weighted by Gasteiger charge is 2.70. The highest BCUT2D eigenvalue weighted by atomic mass is 16.7. The van der Waals surface area contributed by atoms with Crippen LogP contribution in [0.4, 0.5) is 4.79 Å². The number of hydrogen-bond donors (Lipinski definition) is 2. The molecule has 2 N–H and O–H groups in total. The zero-order valence-corrected chi connectivity index (χ0v) is 23.5. The maximum absolute atomic E-state index is 14.4. The van der Waals surface area contributed by atoms with Crippen LogP contribution in [0.1, 0.15) is 99.8 Å². The molecule has 5 nitrogen and oxygen atoms in total. The van der Waals surface area contributed by atoms with Crippen LogP contribution in [0, 0.1) is 56.7 Å². The van der Waals surface area contributed by atoms with Crippen molar-refractivity contribution in [1.82, 2.24) is 0 Å². The quantitative estimate of drug-likeness (QED) is 0.404. The SMILES string of the molecule is C[C@H]1[C@H](C)CC[C@]2(COC(=O)O)CC[C@]3(C)C(=CC(=O)[C@@H]4[C@@]5(C)CC[C@H](O)C(C)(C)C5CC[C@]43C)[C@H]12. The second kappa shape index (κ2) is 8.07. The molecular weight excluding hydrogens is 452 g/mol. The molecule has 4 saturated carbocycles. The molecule has 0 aromatic carbocycles. The van der Waals surface area contributed by atoms with E-state index in [1.807, 2.05) is 6.08 Å². The average molecular weight is 501 g/mol. The lowest BCUT2D eigenvalue weighted by molar-refractivity contribution is -0.204. The van der Waals surface area contributed by atoms with Gasteiger partial charge in [0.2, 0.25) is 0 Å². The number of hydrogen-bond acceptors (Lipinski definition) is 4. The third kappa shape index (κ3) is 3.23. The van der Waals surface area contributed by atoms with Crippen LogP contribution in [-0.2, 0) is 9.53 Å². The summed E-state index contributed by atoms with van der Waals surface area (Å²) >= 11 is 0. The molecule has 4 fully saturated rings. The lowest BCUT2D eigenvalue weighted by atomic mass is 9.33. The molecular formula is C31H48O5. The van der Waals surface area contributed by atoms with Crippen LogP contribution in [-0.4, -0.2) is 34.9 Å². The Kier molecular flexibility index (Phi) is 5.89. The molecule has 0 aromatic heterocycles. The van der Waals surface area contributed by atoms with Crippen LogP contribution in [0.15, 0.2) is 11.6 Å². The summed E-state index contributed by atoms with van der Waals surface area (Å²) < 4.78 is 5.30. The van der Waals surface area contributed by atoms with E-state index in [1.165, 1.54) is 5.57 Å². The monoisotopic (exact) mass is 500 g/mol. The van der Waals surface area contributed by atoms with Gasteiger partial charge >= 0.3 is 6.16 Å².